The van der Waals surface area contributed by atoms with Gasteiger partial charge in [-0.3, -0.25) is 0 Å². The van der Waals surface area contributed by atoms with E-state index in [1.807, 2.05) is 6.08 Å². The van der Waals surface area contributed by atoms with Crippen LogP contribution in [0, 0.1) is 5.41 Å². The Morgan fingerprint density at radius 1 is 1.62 bits per heavy atom. The van der Waals surface area contributed by atoms with Gasteiger partial charge in [-0.1, -0.05) is 13.0 Å². The molecular formula is C11H22N2. The van der Waals surface area contributed by atoms with Gasteiger partial charge >= 0.3 is 0 Å². The van der Waals surface area contributed by atoms with E-state index in [1.165, 1.54) is 12.8 Å². The SMILES string of the molecule is C=CCCNC(C)(CN)C1(C)CC1. The van der Waals surface area contributed by atoms with Gasteiger partial charge in [0.1, 0.15) is 0 Å². The molecule has 1 unspecified atom stereocenters. The van der Waals surface area contributed by atoms with Crippen molar-refractivity contribution in [1.82, 2.24) is 5.32 Å². The molecule has 0 aliphatic heterocycles. The maximum Gasteiger partial charge on any atom is 0.0329 e. The molecule has 1 aliphatic rings. The predicted octanol–water partition coefficient (Wildman–Crippen LogP) is 1.67. The van der Waals surface area contributed by atoms with Crippen LogP contribution in [0.2, 0.25) is 0 Å². The number of rotatable bonds is 6. The average Bonchev–Trinajstić information content (AvgIpc) is 2.85. The van der Waals surface area contributed by atoms with Crippen LogP contribution in [0.5, 0.6) is 0 Å². The fourth-order valence-electron chi connectivity index (χ4n) is 1.72. The molecule has 3 N–H and O–H groups in total. The van der Waals surface area contributed by atoms with Gasteiger partial charge in [-0.2, -0.15) is 0 Å². The maximum absolute atomic E-state index is 5.83. The maximum atomic E-state index is 5.83. The second-order valence-corrected chi connectivity index (χ2v) is 4.60. The smallest absolute Gasteiger partial charge is 0.0329 e. The van der Waals surface area contributed by atoms with Crippen LogP contribution in [0.3, 0.4) is 0 Å². The van der Waals surface area contributed by atoms with Crippen LogP contribution in [0.1, 0.15) is 33.1 Å². The summed E-state index contributed by atoms with van der Waals surface area (Å²) >= 11 is 0. The first-order valence-electron chi connectivity index (χ1n) is 5.14. The first-order valence-corrected chi connectivity index (χ1v) is 5.14. The van der Waals surface area contributed by atoms with Crippen molar-refractivity contribution in [2.45, 2.75) is 38.6 Å². The third-order valence-corrected chi connectivity index (χ3v) is 3.60. The van der Waals surface area contributed by atoms with E-state index in [9.17, 15) is 0 Å². The van der Waals surface area contributed by atoms with Crippen molar-refractivity contribution in [3.63, 3.8) is 0 Å². The van der Waals surface area contributed by atoms with Crippen LogP contribution < -0.4 is 11.1 Å². The molecule has 1 aliphatic carbocycles. The summed E-state index contributed by atoms with van der Waals surface area (Å²) in [6, 6.07) is 0. The highest BCUT2D eigenvalue weighted by atomic mass is 15.0. The Labute approximate surface area is 81.6 Å². The van der Waals surface area contributed by atoms with Crippen molar-refractivity contribution < 1.29 is 0 Å². The van der Waals surface area contributed by atoms with E-state index in [-0.39, 0.29) is 5.54 Å². The first kappa shape index (κ1) is 10.7. The largest absolute Gasteiger partial charge is 0.329 e. The molecule has 0 aromatic heterocycles. The molecule has 1 rings (SSSR count). The molecular weight excluding hydrogens is 160 g/mol. The molecule has 2 heteroatoms. The quantitative estimate of drug-likeness (QED) is 0.484. The summed E-state index contributed by atoms with van der Waals surface area (Å²) in [7, 11) is 0. The Kier molecular flexibility index (Phi) is 3.14. The fraction of sp³-hybridized carbons (Fsp3) is 0.818. The highest BCUT2D eigenvalue weighted by Gasteiger charge is 2.51. The Hall–Kier alpha value is -0.340. The molecule has 0 spiro atoms. The van der Waals surface area contributed by atoms with Gasteiger partial charge in [0.25, 0.3) is 0 Å². The summed E-state index contributed by atoms with van der Waals surface area (Å²) in [4.78, 5) is 0. The van der Waals surface area contributed by atoms with Crippen LogP contribution in [0.15, 0.2) is 12.7 Å². The third-order valence-electron chi connectivity index (χ3n) is 3.60. The molecule has 76 valence electrons. The van der Waals surface area contributed by atoms with E-state index >= 15 is 0 Å². The second kappa shape index (κ2) is 3.81. The topological polar surface area (TPSA) is 38.0 Å². The van der Waals surface area contributed by atoms with Crippen LogP contribution in [-0.4, -0.2) is 18.6 Å². The molecule has 0 amide bonds. The fourth-order valence-corrected chi connectivity index (χ4v) is 1.72. The van der Waals surface area contributed by atoms with Crippen molar-refractivity contribution >= 4 is 0 Å². The number of hydrogen-bond donors (Lipinski definition) is 2. The molecule has 0 aromatic rings. The van der Waals surface area contributed by atoms with Crippen molar-refractivity contribution in [2.75, 3.05) is 13.1 Å². The first-order chi connectivity index (χ1) is 6.08. The molecule has 2 nitrogen and oxygen atoms in total. The minimum atomic E-state index is 0.121. The number of nitrogens with two attached hydrogens (primary N) is 1. The van der Waals surface area contributed by atoms with Gasteiger partial charge < -0.3 is 11.1 Å². The van der Waals surface area contributed by atoms with Gasteiger partial charge in [-0.15, -0.1) is 6.58 Å². The standard InChI is InChI=1S/C11H22N2/c1-4-5-8-13-11(3,9-12)10(2)6-7-10/h4,13H,1,5-9,12H2,2-3H3. The minimum Gasteiger partial charge on any atom is -0.329 e. The summed E-state index contributed by atoms with van der Waals surface area (Å²) in [6.45, 7) is 9.99. The molecule has 1 fully saturated rings. The van der Waals surface area contributed by atoms with Crippen molar-refractivity contribution in [3.05, 3.63) is 12.7 Å². The van der Waals surface area contributed by atoms with E-state index < -0.39 is 0 Å². The normalized spacial score (nSPS) is 23.6. The summed E-state index contributed by atoms with van der Waals surface area (Å²) in [5.74, 6) is 0. The molecule has 0 bridgehead atoms. The van der Waals surface area contributed by atoms with Crippen LogP contribution in [-0.2, 0) is 0 Å². The van der Waals surface area contributed by atoms with Gasteiger partial charge in [0.15, 0.2) is 0 Å². The van der Waals surface area contributed by atoms with E-state index in [0.717, 1.165) is 19.5 Å². The Morgan fingerprint density at radius 3 is 2.62 bits per heavy atom. The van der Waals surface area contributed by atoms with E-state index in [0.29, 0.717) is 5.41 Å². The Morgan fingerprint density at radius 2 is 2.23 bits per heavy atom. The Balaban J connectivity index is 2.44. The van der Waals surface area contributed by atoms with Gasteiger partial charge in [0, 0.05) is 12.1 Å². The van der Waals surface area contributed by atoms with E-state index in [2.05, 4.69) is 25.7 Å². The molecule has 0 saturated heterocycles. The average molecular weight is 182 g/mol. The zero-order valence-electron chi connectivity index (χ0n) is 8.90. The lowest BCUT2D eigenvalue weighted by Gasteiger charge is -2.36. The second-order valence-electron chi connectivity index (χ2n) is 4.60. The highest BCUT2D eigenvalue weighted by Crippen LogP contribution is 2.53. The predicted molar refractivity (Wildman–Crippen MR) is 57.6 cm³/mol. The molecule has 1 atom stereocenters. The lowest BCUT2D eigenvalue weighted by Crippen LogP contribution is -2.54. The number of nitrogens with one attached hydrogen (secondary N) is 1. The summed E-state index contributed by atoms with van der Waals surface area (Å²) in [5.41, 5.74) is 6.38. The lowest BCUT2D eigenvalue weighted by molar-refractivity contribution is 0.234. The molecule has 1 saturated carbocycles. The summed E-state index contributed by atoms with van der Waals surface area (Å²) in [6.07, 6.45) is 5.58. The molecule has 0 heterocycles. The van der Waals surface area contributed by atoms with Gasteiger partial charge in [-0.05, 0) is 38.1 Å². The molecule has 0 radical (unpaired) electrons. The highest BCUT2D eigenvalue weighted by molar-refractivity contribution is 5.08. The molecule has 0 aromatic carbocycles. The minimum absolute atomic E-state index is 0.121. The van der Waals surface area contributed by atoms with Crippen LogP contribution in [0.4, 0.5) is 0 Å². The van der Waals surface area contributed by atoms with Gasteiger partial charge in [0.2, 0.25) is 0 Å². The van der Waals surface area contributed by atoms with Crippen molar-refractivity contribution in [3.8, 4) is 0 Å². The van der Waals surface area contributed by atoms with Crippen molar-refractivity contribution in [2.24, 2.45) is 11.1 Å². The van der Waals surface area contributed by atoms with Gasteiger partial charge in [0.05, 0.1) is 0 Å². The molecule has 13 heavy (non-hydrogen) atoms. The zero-order chi connectivity index (χ0) is 9.95. The van der Waals surface area contributed by atoms with Crippen LogP contribution in [0.25, 0.3) is 0 Å². The summed E-state index contributed by atoms with van der Waals surface area (Å²) < 4.78 is 0. The summed E-state index contributed by atoms with van der Waals surface area (Å²) in [5, 5.41) is 3.55. The van der Waals surface area contributed by atoms with Crippen molar-refractivity contribution in [1.29, 1.82) is 0 Å². The van der Waals surface area contributed by atoms with Crippen LogP contribution >= 0.6 is 0 Å². The monoisotopic (exact) mass is 182 g/mol. The zero-order valence-corrected chi connectivity index (χ0v) is 8.90. The van der Waals surface area contributed by atoms with E-state index in [4.69, 9.17) is 5.73 Å². The third kappa shape index (κ3) is 2.12. The van der Waals surface area contributed by atoms with Gasteiger partial charge in [-0.25, -0.2) is 0 Å². The lowest BCUT2D eigenvalue weighted by atomic mass is 9.84. The van der Waals surface area contributed by atoms with E-state index in [1.54, 1.807) is 0 Å². The number of hydrogen-bond acceptors (Lipinski definition) is 2. The Bertz CT molecular complexity index is 185.